The van der Waals surface area contributed by atoms with Crippen LogP contribution in [-0.4, -0.2) is 43.7 Å². The molecule has 0 amide bonds. The molecule has 6 heteroatoms. The van der Waals surface area contributed by atoms with Gasteiger partial charge in [-0.3, -0.25) is 0 Å². The Morgan fingerprint density at radius 3 is 2.80 bits per heavy atom. The summed E-state index contributed by atoms with van der Waals surface area (Å²) in [6.07, 6.45) is -0.384. The highest BCUT2D eigenvalue weighted by Crippen LogP contribution is 2.29. The van der Waals surface area contributed by atoms with Crippen molar-refractivity contribution in [1.82, 2.24) is 0 Å². The van der Waals surface area contributed by atoms with Gasteiger partial charge in [0.25, 0.3) is 0 Å². The fourth-order valence-electron chi connectivity index (χ4n) is 1.49. The van der Waals surface area contributed by atoms with E-state index in [0.29, 0.717) is 24.8 Å². The van der Waals surface area contributed by atoms with Gasteiger partial charge >= 0.3 is 0 Å². The van der Waals surface area contributed by atoms with Crippen molar-refractivity contribution in [3.63, 3.8) is 0 Å². The van der Waals surface area contributed by atoms with Crippen LogP contribution in [0.2, 0.25) is 5.02 Å². The number of benzene rings is 1. The van der Waals surface area contributed by atoms with Gasteiger partial charge in [0, 0.05) is 6.54 Å². The lowest BCUT2D eigenvalue weighted by atomic mass is 10.3. The molecule has 0 bridgehead atoms. The van der Waals surface area contributed by atoms with Gasteiger partial charge in [-0.15, -0.1) is 0 Å². The lowest BCUT2D eigenvalue weighted by Gasteiger charge is -2.15. The van der Waals surface area contributed by atoms with E-state index in [1.165, 1.54) is 0 Å². The molecule has 1 aromatic carbocycles. The quantitative estimate of drug-likeness (QED) is 0.658. The number of aliphatic hydroxyl groups is 1. The zero-order valence-corrected chi connectivity index (χ0v) is 14.1. The number of ether oxygens (including phenoxy) is 2. The smallest absolute Gasteiger partial charge is 0.0945 e. The number of halogens is 2. The highest BCUT2D eigenvalue weighted by Gasteiger charge is 2.07. The first kappa shape index (κ1) is 17.7. The Morgan fingerprint density at radius 1 is 1.35 bits per heavy atom. The van der Waals surface area contributed by atoms with Gasteiger partial charge in [0.1, 0.15) is 0 Å². The molecule has 0 aliphatic heterocycles. The van der Waals surface area contributed by atoms with Gasteiger partial charge < -0.3 is 19.9 Å². The second-order valence-electron chi connectivity index (χ2n) is 4.63. The second kappa shape index (κ2) is 9.58. The van der Waals surface area contributed by atoms with Crippen molar-refractivity contribution in [2.24, 2.45) is 0 Å². The molecule has 1 rings (SSSR count). The summed E-state index contributed by atoms with van der Waals surface area (Å²) in [6.45, 7) is 5.63. The molecule has 0 aromatic heterocycles. The van der Waals surface area contributed by atoms with Crippen molar-refractivity contribution in [2.45, 2.75) is 26.1 Å². The largest absolute Gasteiger partial charge is 0.389 e. The Labute approximate surface area is 133 Å². The summed E-state index contributed by atoms with van der Waals surface area (Å²) in [5.41, 5.74) is 0.847. The minimum absolute atomic E-state index is 0.199. The first-order valence-electron chi connectivity index (χ1n) is 6.56. The van der Waals surface area contributed by atoms with Crippen LogP contribution in [0.4, 0.5) is 5.69 Å². The van der Waals surface area contributed by atoms with Crippen LogP contribution in [0.15, 0.2) is 22.7 Å². The van der Waals surface area contributed by atoms with E-state index in [1.807, 2.05) is 26.0 Å². The van der Waals surface area contributed by atoms with Crippen molar-refractivity contribution in [3.05, 3.63) is 27.7 Å². The standard InChI is InChI=1S/C14H21BrClNO3/c1-10(2)20-7-6-19-9-11(18)8-17-13-5-3-4-12(16)14(13)15/h3-5,10-11,17-18H,6-9H2,1-2H3. The zero-order valence-electron chi connectivity index (χ0n) is 11.7. The number of hydrogen-bond donors (Lipinski definition) is 2. The topological polar surface area (TPSA) is 50.7 Å². The van der Waals surface area contributed by atoms with Crippen LogP contribution in [-0.2, 0) is 9.47 Å². The van der Waals surface area contributed by atoms with Crippen LogP contribution in [0.1, 0.15) is 13.8 Å². The fourth-order valence-corrected chi connectivity index (χ4v) is 2.07. The average Bonchev–Trinajstić information content (AvgIpc) is 2.39. The predicted molar refractivity (Wildman–Crippen MR) is 85.6 cm³/mol. The van der Waals surface area contributed by atoms with Crippen molar-refractivity contribution < 1.29 is 14.6 Å². The van der Waals surface area contributed by atoms with Crippen molar-refractivity contribution >= 4 is 33.2 Å². The number of hydrogen-bond acceptors (Lipinski definition) is 4. The van der Waals surface area contributed by atoms with Crippen LogP contribution in [0.3, 0.4) is 0 Å². The van der Waals surface area contributed by atoms with E-state index < -0.39 is 6.10 Å². The Morgan fingerprint density at radius 2 is 2.10 bits per heavy atom. The molecule has 0 heterocycles. The van der Waals surface area contributed by atoms with E-state index in [2.05, 4.69) is 21.2 Å². The van der Waals surface area contributed by atoms with E-state index in [9.17, 15) is 5.11 Å². The molecule has 1 unspecified atom stereocenters. The first-order valence-corrected chi connectivity index (χ1v) is 7.73. The van der Waals surface area contributed by atoms with E-state index in [-0.39, 0.29) is 12.7 Å². The van der Waals surface area contributed by atoms with Crippen LogP contribution in [0.5, 0.6) is 0 Å². The Hall–Kier alpha value is -0.330. The van der Waals surface area contributed by atoms with Gasteiger partial charge in [-0.2, -0.15) is 0 Å². The molecule has 1 atom stereocenters. The summed E-state index contributed by atoms with van der Waals surface area (Å²) in [4.78, 5) is 0. The Balaban J connectivity index is 2.19. The third-order valence-electron chi connectivity index (χ3n) is 2.47. The second-order valence-corrected chi connectivity index (χ2v) is 5.83. The molecule has 4 nitrogen and oxygen atoms in total. The van der Waals surface area contributed by atoms with Crippen LogP contribution >= 0.6 is 27.5 Å². The average molecular weight is 367 g/mol. The highest BCUT2D eigenvalue weighted by molar-refractivity contribution is 9.10. The van der Waals surface area contributed by atoms with Gasteiger partial charge in [-0.1, -0.05) is 17.7 Å². The summed E-state index contributed by atoms with van der Waals surface area (Å²) in [7, 11) is 0. The number of aliphatic hydroxyl groups excluding tert-OH is 1. The molecule has 0 saturated heterocycles. The molecule has 0 radical (unpaired) electrons. The van der Waals surface area contributed by atoms with Crippen LogP contribution in [0.25, 0.3) is 0 Å². The lowest BCUT2D eigenvalue weighted by Crippen LogP contribution is -2.26. The van der Waals surface area contributed by atoms with E-state index in [1.54, 1.807) is 6.07 Å². The summed E-state index contributed by atoms with van der Waals surface area (Å²) in [5, 5.41) is 13.6. The third kappa shape index (κ3) is 6.90. The van der Waals surface area contributed by atoms with Crippen molar-refractivity contribution in [3.8, 4) is 0 Å². The van der Waals surface area contributed by atoms with Gasteiger partial charge in [-0.25, -0.2) is 0 Å². The van der Waals surface area contributed by atoms with Crippen molar-refractivity contribution in [2.75, 3.05) is 31.7 Å². The van der Waals surface area contributed by atoms with E-state index >= 15 is 0 Å². The minimum atomic E-state index is -0.583. The van der Waals surface area contributed by atoms with Gasteiger partial charge in [0.2, 0.25) is 0 Å². The zero-order chi connectivity index (χ0) is 15.0. The minimum Gasteiger partial charge on any atom is -0.389 e. The SMILES string of the molecule is CC(C)OCCOCC(O)CNc1cccc(Cl)c1Br. The molecular weight excluding hydrogens is 346 g/mol. The van der Waals surface area contributed by atoms with Crippen LogP contribution in [0, 0.1) is 0 Å². The first-order chi connectivity index (χ1) is 9.50. The van der Waals surface area contributed by atoms with E-state index in [0.717, 1.165) is 10.2 Å². The number of nitrogens with one attached hydrogen (secondary N) is 1. The number of rotatable bonds is 9. The van der Waals surface area contributed by atoms with E-state index in [4.69, 9.17) is 21.1 Å². The molecule has 2 N–H and O–H groups in total. The van der Waals surface area contributed by atoms with Crippen molar-refractivity contribution in [1.29, 1.82) is 0 Å². The highest BCUT2D eigenvalue weighted by atomic mass is 79.9. The summed E-state index contributed by atoms with van der Waals surface area (Å²) in [5.74, 6) is 0. The molecule has 20 heavy (non-hydrogen) atoms. The molecule has 1 aromatic rings. The molecular formula is C14H21BrClNO3. The third-order valence-corrected chi connectivity index (χ3v) is 3.87. The van der Waals surface area contributed by atoms with Gasteiger partial charge in [0.15, 0.2) is 0 Å². The van der Waals surface area contributed by atoms with Crippen LogP contribution < -0.4 is 5.32 Å². The Kier molecular flexibility index (Phi) is 8.49. The maximum Gasteiger partial charge on any atom is 0.0945 e. The molecule has 0 spiro atoms. The summed E-state index contributed by atoms with van der Waals surface area (Å²) in [6, 6.07) is 5.53. The monoisotopic (exact) mass is 365 g/mol. The molecule has 114 valence electrons. The molecule has 0 aliphatic carbocycles. The fraction of sp³-hybridized carbons (Fsp3) is 0.571. The maximum absolute atomic E-state index is 9.80. The Bertz CT molecular complexity index is 404. The molecule has 0 aliphatic rings. The number of anilines is 1. The van der Waals surface area contributed by atoms with Gasteiger partial charge in [0.05, 0.1) is 47.2 Å². The maximum atomic E-state index is 9.80. The van der Waals surface area contributed by atoms with Gasteiger partial charge in [-0.05, 0) is 41.9 Å². The molecule has 0 saturated carbocycles. The normalized spacial score (nSPS) is 12.7. The summed E-state index contributed by atoms with van der Waals surface area (Å²) >= 11 is 9.38. The lowest BCUT2D eigenvalue weighted by molar-refractivity contribution is -0.00734. The molecule has 0 fully saturated rings. The summed E-state index contributed by atoms with van der Waals surface area (Å²) < 4.78 is 11.5. The predicted octanol–water partition coefficient (Wildman–Crippen LogP) is 3.32.